The quantitative estimate of drug-likeness (QED) is 0.0822. The maximum absolute atomic E-state index is 14.9. The van der Waals surface area contributed by atoms with Crippen molar-refractivity contribution < 1.29 is 43.9 Å². The minimum absolute atomic E-state index is 0.0367. The van der Waals surface area contributed by atoms with Gasteiger partial charge in [-0.25, -0.2) is 43.9 Å². The molecule has 0 N–H and O–H groups in total. The van der Waals surface area contributed by atoms with Crippen LogP contribution < -0.4 is 10.9 Å². The third kappa shape index (κ3) is 4.80. The first kappa shape index (κ1) is 27.0. The molecule has 0 heterocycles. The number of benzene rings is 4. The monoisotopic (exact) mass is 538 g/mol. The molecule has 0 bridgehead atoms. The first-order valence-corrected chi connectivity index (χ1v) is 10.9. The molecule has 0 atom stereocenters. The van der Waals surface area contributed by atoms with Gasteiger partial charge >= 0.3 is 0 Å². The molecule has 0 aliphatic rings. The van der Waals surface area contributed by atoms with E-state index in [4.69, 9.17) is 0 Å². The number of rotatable bonds is 6. The fourth-order valence-corrected chi connectivity index (χ4v) is 4.09. The predicted octanol–water partition coefficient (Wildman–Crippen LogP) is 6.93. The van der Waals surface area contributed by atoms with Crippen LogP contribution in [0.5, 0.6) is 0 Å². The van der Waals surface area contributed by atoms with Crippen molar-refractivity contribution in [1.82, 2.24) is 0 Å². The third-order valence-corrected chi connectivity index (χ3v) is 5.89. The van der Waals surface area contributed by atoms with Crippen molar-refractivity contribution in [2.45, 2.75) is 6.32 Å². The molecule has 0 aliphatic heterocycles. The van der Waals surface area contributed by atoms with Gasteiger partial charge in [0.25, 0.3) is 0 Å². The molecule has 4 aromatic rings. The number of allylic oxidation sites excluding steroid dienone is 1. The van der Waals surface area contributed by atoms with Gasteiger partial charge in [0, 0.05) is 10.9 Å². The zero-order chi connectivity index (χ0) is 27.7. The van der Waals surface area contributed by atoms with Crippen molar-refractivity contribution in [1.29, 1.82) is 0 Å². The van der Waals surface area contributed by atoms with E-state index < -0.39 is 82.1 Å². The van der Waals surface area contributed by atoms with Gasteiger partial charge in [-0.05, 0) is 23.0 Å². The Labute approximate surface area is 209 Å². The van der Waals surface area contributed by atoms with Crippen molar-refractivity contribution in [2.24, 2.45) is 0 Å². The highest BCUT2D eigenvalue weighted by Gasteiger charge is 2.40. The second-order valence-electron chi connectivity index (χ2n) is 8.17. The van der Waals surface area contributed by atoms with Crippen molar-refractivity contribution >= 4 is 29.3 Å². The van der Waals surface area contributed by atoms with Gasteiger partial charge in [0.2, 0.25) is 6.71 Å². The number of hydrogen-bond donors (Lipinski definition) is 0. The SMILES string of the molecule is Fc1c(F)c(F)c(B(CC(=Cc2ccccc2)c2ccccc2)c2c(F)c(F)c(F)c(F)c2F)c(F)c1F. The molecule has 194 valence electrons. The van der Waals surface area contributed by atoms with E-state index >= 15 is 0 Å². The molecular formula is C27H13BF10. The van der Waals surface area contributed by atoms with Gasteiger partial charge in [-0.2, -0.15) is 0 Å². The summed E-state index contributed by atoms with van der Waals surface area (Å²) in [4.78, 5) is 0. The summed E-state index contributed by atoms with van der Waals surface area (Å²) in [5, 5.41) is 0. The van der Waals surface area contributed by atoms with Gasteiger partial charge < -0.3 is 0 Å². The van der Waals surface area contributed by atoms with Crippen LogP contribution in [-0.4, -0.2) is 6.71 Å². The lowest BCUT2D eigenvalue weighted by Crippen LogP contribution is -2.50. The number of hydrogen-bond acceptors (Lipinski definition) is 0. The average Bonchev–Trinajstić information content (AvgIpc) is 2.93. The molecule has 38 heavy (non-hydrogen) atoms. The Morgan fingerprint density at radius 1 is 0.474 bits per heavy atom. The van der Waals surface area contributed by atoms with E-state index in [1.54, 1.807) is 36.4 Å². The topological polar surface area (TPSA) is 0 Å². The second kappa shape index (κ2) is 10.8. The summed E-state index contributed by atoms with van der Waals surface area (Å²) in [5.74, 6) is -24.8. The van der Waals surface area contributed by atoms with Gasteiger partial charge in [0.05, 0.1) is 0 Å². The summed E-state index contributed by atoms with van der Waals surface area (Å²) in [6, 6.07) is 15.6. The Kier molecular flexibility index (Phi) is 7.66. The summed E-state index contributed by atoms with van der Waals surface area (Å²) in [6.07, 6.45) is 0.468. The summed E-state index contributed by atoms with van der Waals surface area (Å²) < 4.78 is 144. The van der Waals surface area contributed by atoms with Crippen LogP contribution in [0.3, 0.4) is 0 Å². The van der Waals surface area contributed by atoms with E-state index in [1.165, 1.54) is 30.3 Å². The van der Waals surface area contributed by atoms with E-state index in [-0.39, 0.29) is 11.1 Å². The molecule has 0 nitrogen and oxygen atoms in total. The van der Waals surface area contributed by atoms with E-state index in [2.05, 4.69) is 0 Å². The maximum Gasteiger partial charge on any atom is 0.229 e. The first-order valence-electron chi connectivity index (χ1n) is 10.9. The fraction of sp³-hybridized carbons (Fsp3) is 0.0370. The molecule has 4 aromatic carbocycles. The van der Waals surface area contributed by atoms with Crippen LogP contribution in [0.15, 0.2) is 60.7 Å². The Hall–Kier alpha value is -4.02. The van der Waals surface area contributed by atoms with Crippen LogP contribution in [-0.2, 0) is 0 Å². The van der Waals surface area contributed by atoms with Crippen LogP contribution in [0.4, 0.5) is 43.9 Å². The fourth-order valence-electron chi connectivity index (χ4n) is 4.09. The lowest BCUT2D eigenvalue weighted by molar-refractivity contribution is 0.382. The highest BCUT2D eigenvalue weighted by atomic mass is 19.2. The van der Waals surface area contributed by atoms with Crippen LogP contribution in [0.2, 0.25) is 6.32 Å². The van der Waals surface area contributed by atoms with E-state index in [0.717, 1.165) is 0 Å². The Bertz CT molecular complexity index is 1410. The lowest BCUT2D eigenvalue weighted by Gasteiger charge is -2.21. The molecule has 11 heteroatoms. The summed E-state index contributed by atoms with van der Waals surface area (Å²) in [7, 11) is 0. The van der Waals surface area contributed by atoms with Crippen LogP contribution in [0.1, 0.15) is 11.1 Å². The number of halogens is 10. The van der Waals surface area contributed by atoms with Crippen LogP contribution in [0.25, 0.3) is 11.6 Å². The average molecular weight is 538 g/mol. The van der Waals surface area contributed by atoms with Crippen molar-refractivity contribution in [3.63, 3.8) is 0 Å². The normalized spacial score (nSPS) is 11.7. The highest BCUT2D eigenvalue weighted by molar-refractivity contribution is 6.86. The highest BCUT2D eigenvalue weighted by Crippen LogP contribution is 2.28. The van der Waals surface area contributed by atoms with Crippen LogP contribution in [0, 0.1) is 58.2 Å². The van der Waals surface area contributed by atoms with E-state index in [1.807, 2.05) is 0 Å². The van der Waals surface area contributed by atoms with Crippen molar-refractivity contribution in [3.05, 3.63) is 130 Å². The standard InChI is InChI=1S/C27H13BF10/c29-18-16(19(30)23(34)26(37)22(18)33)28(17-20(31)24(35)27(38)25(36)21(17)32)12-15(14-9-5-2-6-10-14)11-13-7-3-1-4-8-13/h1-11H,12H2. The smallest absolute Gasteiger partial charge is 0.204 e. The van der Waals surface area contributed by atoms with Crippen molar-refractivity contribution in [2.75, 3.05) is 0 Å². The Morgan fingerprint density at radius 3 is 1.21 bits per heavy atom. The zero-order valence-electron chi connectivity index (χ0n) is 18.9. The van der Waals surface area contributed by atoms with Crippen molar-refractivity contribution in [3.8, 4) is 0 Å². The molecule has 0 amide bonds. The predicted molar refractivity (Wildman–Crippen MR) is 123 cm³/mol. The molecule has 0 spiro atoms. The van der Waals surface area contributed by atoms with Gasteiger partial charge in [-0.3, -0.25) is 0 Å². The Balaban J connectivity index is 2.06. The van der Waals surface area contributed by atoms with Gasteiger partial charge in [0.1, 0.15) is 0 Å². The molecule has 0 fully saturated rings. The minimum atomic E-state index is -2.55. The van der Waals surface area contributed by atoms with E-state index in [0.29, 0.717) is 5.56 Å². The molecule has 0 saturated carbocycles. The summed E-state index contributed by atoms with van der Waals surface area (Å²) in [6.45, 7) is -2.53. The second-order valence-corrected chi connectivity index (χ2v) is 8.17. The van der Waals surface area contributed by atoms with Gasteiger partial charge in [-0.15, -0.1) is 0 Å². The summed E-state index contributed by atoms with van der Waals surface area (Å²) >= 11 is 0. The first-order chi connectivity index (χ1) is 18.0. The molecule has 0 aliphatic carbocycles. The third-order valence-electron chi connectivity index (χ3n) is 5.89. The maximum atomic E-state index is 14.9. The van der Waals surface area contributed by atoms with Gasteiger partial charge in [-0.1, -0.05) is 66.7 Å². The van der Waals surface area contributed by atoms with Gasteiger partial charge in [0.15, 0.2) is 58.2 Å². The Morgan fingerprint density at radius 2 is 0.816 bits per heavy atom. The molecule has 0 aromatic heterocycles. The lowest BCUT2D eigenvalue weighted by atomic mass is 9.37. The molecule has 0 saturated heterocycles. The molecule has 4 rings (SSSR count). The largest absolute Gasteiger partial charge is 0.229 e. The minimum Gasteiger partial charge on any atom is -0.204 e. The molecule has 0 radical (unpaired) electrons. The van der Waals surface area contributed by atoms with E-state index in [9.17, 15) is 43.9 Å². The van der Waals surface area contributed by atoms with Crippen LogP contribution >= 0.6 is 0 Å². The molecule has 0 unspecified atom stereocenters. The molecular weight excluding hydrogens is 525 g/mol. The summed E-state index contributed by atoms with van der Waals surface area (Å²) in [5.41, 5.74) is -2.72. The zero-order valence-corrected chi connectivity index (χ0v) is 18.9.